The van der Waals surface area contributed by atoms with E-state index in [2.05, 4.69) is 15.3 Å². The molecule has 1 amide bonds. The Morgan fingerprint density at radius 2 is 1.79 bits per heavy atom. The second-order valence-corrected chi connectivity index (χ2v) is 7.76. The van der Waals surface area contributed by atoms with Crippen molar-refractivity contribution >= 4 is 34.4 Å². The topological polar surface area (TPSA) is 108 Å². The van der Waals surface area contributed by atoms with Gasteiger partial charge in [-0.1, -0.05) is 29.8 Å². The Balaban J connectivity index is 1.72. The fraction of sp³-hybridized carbons (Fsp3) is 0.174. The number of rotatable bonds is 6. The molecule has 33 heavy (non-hydrogen) atoms. The van der Waals surface area contributed by atoms with E-state index in [9.17, 15) is 14.4 Å². The number of hydrogen-bond donors (Lipinski definition) is 1. The average Bonchev–Trinajstić information content (AvgIpc) is 2.82. The summed E-state index contributed by atoms with van der Waals surface area (Å²) in [6.07, 6.45) is 2.73. The summed E-state index contributed by atoms with van der Waals surface area (Å²) in [5, 5.41) is 3.22. The highest BCUT2D eigenvalue weighted by Gasteiger charge is 2.18. The van der Waals surface area contributed by atoms with E-state index >= 15 is 0 Å². The van der Waals surface area contributed by atoms with Gasteiger partial charge in [0.2, 0.25) is 5.91 Å². The molecule has 0 spiro atoms. The summed E-state index contributed by atoms with van der Waals surface area (Å²) in [5.74, 6) is 0.180. The van der Waals surface area contributed by atoms with Crippen LogP contribution in [0.5, 0.6) is 5.75 Å². The van der Waals surface area contributed by atoms with Crippen molar-refractivity contribution in [3.8, 4) is 5.75 Å². The first-order valence-electron chi connectivity index (χ1n) is 10.0. The average molecular weight is 466 g/mol. The predicted molar refractivity (Wildman–Crippen MR) is 125 cm³/mol. The third-order valence-corrected chi connectivity index (χ3v) is 5.51. The van der Waals surface area contributed by atoms with Crippen molar-refractivity contribution in [3.63, 3.8) is 0 Å². The zero-order valence-electron chi connectivity index (χ0n) is 17.9. The lowest BCUT2D eigenvalue weighted by Gasteiger charge is -2.13. The van der Waals surface area contributed by atoms with Crippen LogP contribution in [0.1, 0.15) is 11.1 Å². The number of methoxy groups -OCH3 is 1. The Bertz CT molecular complexity index is 1460. The number of carbonyl (C=O) groups is 1. The van der Waals surface area contributed by atoms with E-state index in [1.165, 1.54) is 12.4 Å². The fourth-order valence-electron chi connectivity index (χ4n) is 3.34. The van der Waals surface area contributed by atoms with Gasteiger partial charge in [-0.2, -0.15) is 0 Å². The number of nitrogens with zero attached hydrogens (tertiary/aromatic N) is 4. The monoisotopic (exact) mass is 465 g/mol. The van der Waals surface area contributed by atoms with Crippen molar-refractivity contribution in [3.05, 3.63) is 91.8 Å². The summed E-state index contributed by atoms with van der Waals surface area (Å²) in [7, 11) is 1.55. The molecule has 0 saturated carbocycles. The molecule has 168 valence electrons. The molecule has 9 nitrogen and oxygen atoms in total. The molecule has 10 heteroatoms. The number of halogens is 1. The van der Waals surface area contributed by atoms with Crippen molar-refractivity contribution in [2.45, 2.75) is 20.0 Å². The van der Waals surface area contributed by atoms with E-state index in [4.69, 9.17) is 16.3 Å². The highest BCUT2D eigenvalue weighted by Crippen LogP contribution is 2.20. The lowest BCUT2D eigenvalue weighted by molar-refractivity contribution is -0.116. The first-order valence-corrected chi connectivity index (χ1v) is 10.4. The largest absolute Gasteiger partial charge is 0.497 e. The number of aryl methyl sites for hydroxylation is 1. The normalized spacial score (nSPS) is 10.9. The van der Waals surface area contributed by atoms with E-state index in [0.717, 1.165) is 14.7 Å². The summed E-state index contributed by atoms with van der Waals surface area (Å²) in [6, 6.07) is 12.1. The molecule has 0 aliphatic rings. The molecule has 4 aromatic rings. The molecule has 2 aromatic carbocycles. The molecule has 0 fully saturated rings. The number of amides is 1. The van der Waals surface area contributed by atoms with E-state index in [0.29, 0.717) is 22.0 Å². The Labute approximate surface area is 193 Å². The molecule has 0 atom stereocenters. The SMILES string of the molecule is COc1ccc(Cn2c(=O)c3nccnc3n(CC(=O)Nc3ccc(C)c(Cl)c3)c2=O)cc1. The van der Waals surface area contributed by atoms with Crippen LogP contribution in [0.4, 0.5) is 5.69 Å². The predicted octanol–water partition coefficient (Wildman–Crippen LogP) is 2.61. The standard InChI is InChI=1S/C23H20ClN5O4/c1-14-3-6-16(11-18(14)24)27-19(30)13-28-21-20(25-9-10-26-21)22(31)29(23(28)32)12-15-4-7-17(33-2)8-5-15/h3-11H,12-13H2,1-2H3,(H,27,30). The van der Waals surface area contributed by atoms with Crippen LogP contribution in [-0.2, 0) is 17.9 Å². The Morgan fingerprint density at radius 3 is 2.48 bits per heavy atom. The van der Waals surface area contributed by atoms with Gasteiger partial charge in [-0.15, -0.1) is 0 Å². The van der Waals surface area contributed by atoms with E-state index in [1.54, 1.807) is 49.6 Å². The molecule has 4 rings (SSSR count). The minimum absolute atomic E-state index is 0.00297. The first kappa shape index (κ1) is 22.2. The van der Waals surface area contributed by atoms with Crippen LogP contribution >= 0.6 is 11.6 Å². The lowest BCUT2D eigenvalue weighted by Crippen LogP contribution is -2.42. The smallest absolute Gasteiger partial charge is 0.333 e. The van der Waals surface area contributed by atoms with Gasteiger partial charge in [-0.3, -0.25) is 18.7 Å². The third-order valence-electron chi connectivity index (χ3n) is 5.10. The van der Waals surface area contributed by atoms with Gasteiger partial charge in [0.05, 0.1) is 13.7 Å². The minimum atomic E-state index is -0.666. The maximum Gasteiger partial charge on any atom is 0.333 e. The number of carbonyl (C=O) groups excluding carboxylic acids is 1. The second-order valence-electron chi connectivity index (χ2n) is 7.35. The molecule has 0 unspecified atom stereocenters. The Morgan fingerprint density at radius 1 is 1.06 bits per heavy atom. The first-order chi connectivity index (χ1) is 15.9. The van der Waals surface area contributed by atoms with E-state index in [1.807, 2.05) is 6.92 Å². The summed E-state index contributed by atoms with van der Waals surface area (Å²) in [6.45, 7) is 1.50. The molecular weight excluding hydrogens is 446 g/mol. The van der Waals surface area contributed by atoms with Crippen molar-refractivity contribution in [2.75, 3.05) is 12.4 Å². The third kappa shape index (κ3) is 4.63. The van der Waals surface area contributed by atoms with Crippen molar-refractivity contribution in [1.82, 2.24) is 19.1 Å². The van der Waals surface area contributed by atoms with E-state index < -0.39 is 17.2 Å². The minimum Gasteiger partial charge on any atom is -0.497 e. The molecular formula is C23H20ClN5O4. The zero-order valence-corrected chi connectivity index (χ0v) is 18.7. The second kappa shape index (κ2) is 9.25. The van der Waals surface area contributed by atoms with Gasteiger partial charge in [-0.05, 0) is 42.3 Å². The van der Waals surface area contributed by atoms with Crippen LogP contribution in [0.2, 0.25) is 5.02 Å². The van der Waals surface area contributed by atoms with Gasteiger partial charge in [-0.25, -0.2) is 14.8 Å². The molecule has 1 N–H and O–H groups in total. The number of benzene rings is 2. The Kier molecular flexibility index (Phi) is 6.23. The number of fused-ring (bicyclic) bond motifs is 1. The summed E-state index contributed by atoms with van der Waals surface area (Å²) in [5.41, 5.74) is 0.862. The highest BCUT2D eigenvalue weighted by atomic mass is 35.5. The lowest BCUT2D eigenvalue weighted by atomic mass is 10.2. The number of anilines is 1. The van der Waals surface area contributed by atoms with Crippen LogP contribution in [0.15, 0.2) is 64.4 Å². The van der Waals surface area contributed by atoms with Gasteiger partial charge in [0.1, 0.15) is 12.3 Å². The Hall–Kier alpha value is -3.98. The van der Waals surface area contributed by atoms with Gasteiger partial charge in [0, 0.05) is 23.1 Å². The highest BCUT2D eigenvalue weighted by molar-refractivity contribution is 6.31. The molecule has 2 heterocycles. The van der Waals surface area contributed by atoms with E-state index in [-0.39, 0.29) is 24.3 Å². The summed E-state index contributed by atoms with van der Waals surface area (Å²) < 4.78 is 7.32. The number of nitrogens with one attached hydrogen (secondary N) is 1. The van der Waals surface area contributed by atoms with Gasteiger partial charge in [0.15, 0.2) is 11.2 Å². The maximum atomic E-state index is 13.3. The van der Waals surface area contributed by atoms with Crippen LogP contribution in [0, 0.1) is 6.92 Å². The zero-order chi connectivity index (χ0) is 23.5. The van der Waals surface area contributed by atoms with Gasteiger partial charge < -0.3 is 10.1 Å². The quantitative estimate of drug-likeness (QED) is 0.469. The summed E-state index contributed by atoms with van der Waals surface area (Å²) in [4.78, 5) is 47.2. The fourth-order valence-corrected chi connectivity index (χ4v) is 3.52. The van der Waals surface area contributed by atoms with Crippen molar-refractivity contribution < 1.29 is 9.53 Å². The molecule has 0 radical (unpaired) electrons. The van der Waals surface area contributed by atoms with Crippen molar-refractivity contribution in [2.24, 2.45) is 0 Å². The number of ether oxygens (including phenoxy) is 1. The molecule has 0 aliphatic heterocycles. The summed E-state index contributed by atoms with van der Waals surface area (Å²) >= 11 is 6.12. The van der Waals surface area contributed by atoms with Crippen LogP contribution < -0.4 is 21.3 Å². The molecule has 0 saturated heterocycles. The molecule has 0 aliphatic carbocycles. The van der Waals surface area contributed by atoms with Crippen LogP contribution in [0.3, 0.4) is 0 Å². The molecule has 2 aromatic heterocycles. The van der Waals surface area contributed by atoms with Crippen molar-refractivity contribution in [1.29, 1.82) is 0 Å². The van der Waals surface area contributed by atoms with Crippen LogP contribution in [-0.4, -0.2) is 32.1 Å². The molecule has 0 bridgehead atoms. The van der Waals surface area contributed by atoms with Gasteiger partial charge in [0.25, 0.3) is 5.56 Å². The number of hydrogen-bond acceptors (Lipinski definition) is 6. The van der Waals surface area contributed by atoms with Gasteiger partial charge >= 0.3 is 5.69 Å². The number of aromatic nitrogens is 4. The maximum absolute atomic E-state index is 13.3. The van der Waals surface area contributed by atoms with Crippen LogP contribution in [0.25, 0.3) is 11.2 Å².